The van der Waals surface area contributed by atoms with Crippen LogP contribution in [0, 0.1) is 6.92 Å². The summed E-state index contributed by atoms with van der Waals surface area (Å²) in [6.07, 6.45) is 4.70. The summed E-state index contributed by atoms with van der Waals surface area (Å²) in [6.45, 7) is 5.66. The van der Waals surface area contributed by atoms with Crippen molar-refractivity contribution >= 4 is 11.0 Å². The van der Waals surface area contributed by atoms with E-state index in [1.165, 1.54) is 19.3 Å². The minimum absolute atomic E-state index is 0.0446. The Hall–Kier alpha value is -2.59. The average Bonchev–Trinajstić information content (AvgIpc) is 2.71. The van der Waals surface area contributed by atoms with E-state index in [4.69, 9.17) is 4.42 Å². The fourth-order valence-corrected chi connectivity index (χ4v) is 4.44. The third-order valence-electron chi connectivity index (χ3n) is 5.96. The zero-order valence-electron chi connectivity index (χ0n) is 16.6. The van der Waals surface area contributed by atoms with Crippen LogP contribution in [0.25, 0.3) is 22.1 Å². The summed E-state index contributed by atoms with van der Waals surface area (Å²) in [6, 6.07) is 13.4. The van der Waals surface area contributed by atoms with Gasteiger partial charge in [-0.15, -0.1) is 0 Å². The number of likely N-dealkylation sites (tertiary alicyclic amines) is 1. The van der Waals surface area contributed by atoms with E-state index >= 15 is 0 Å². The Labute approximate surface area is 165 Å². The molecule has 4 nitrogen and oxygen atoms in total. The van der Waals surface area contributed by atoms with Crippen molar-refractivity contribution in [3.63, 3.8) is 0 Å². The number of fused-ring (bicyclic) bond motifs is 1. The number of nitrogens with zero attached hydrogens (tertiary/aromatic N) is 1. The first kappa shape index (κ1) is 18.8. The molecule has 1 aliphatic rings. The molecule has 2 heterocycles. The Bertz CT molecular complexity index is 1040. The van der Waals surface area contributed by atoms with Gasteiger partial charge in [0.1, 0.15) is 17.1 Å². The van der Waals surface area contributed by atoms with Crippen molar-refractivity contribution in [2.24, 2.45) is 0 Å². The fraction of sp³-hybridized carbons (Fsp3) is 0.375. The Balaban J connectivity index is 1.84. The van der Waals surface area contributed by atoms with E-state index in [0.29, 0.717) is 34.9 Å². The van der Waals surface area contributed by atoms with Gasteiger partial charge in [-0.1, -0.05) is 43.7 Å². The highest BCUT2D eigenvalue weighted by Gasteiger charge is 2.24. The Morgan fingerprint density at radius 2 is 1.93 bits per heavy atom. The summed E-state index contributed by atoms with van der Waals surface area (Å²) in [7, 11) is 0. The van der Waals surface area contributed by atoms with Gasteiger partial charge in [0.2, 0.25) is 5.43 Å². The second kappa shape index (κ2) is 7.80. The van der Waals surface area contributed by atoms with Gasteiger partial charge in [-0.25, -0.2) is 0 Å². The lowest BCUT2D eigenvalue weighted by molar-refractivity contribution is 0.135. The van der Waals surface area contributed by atoms with Crippen LogP contribution >= 0.6 is 0 Å². The number of aryl methyl sites for hydroxylation is 1. The molecule has 0 radical (unpaired) electrons. The highest BCUT2D eigenvalue weighted by atomic mass is 16.3. The number of piperidine rings is 1. The number of hydrogen-bond donors (Lipinski definition) is 1. The average molecular weight is 377 g/mol. The lowest BCUT2D eigenvalue weighted by Crippen LogP contribution is -2.38. The zero-order chi connectivity index (χ0) is 19.7. The minimum atomic E-state index is -0.0446. The van der Waals surface area contributed by atoms with Gasteiger partial charge in [0.25, 0.3) is 0 Å². The third kappa shape index (κ3) is 3.33. The second-order valence-electron chi connectivity index (χ2n) is 7.70. The first-order valence-corrected chi connectivity index (χ1v) is 10.2. The van der Waals surface area contributed by atoms with Crippen molar-refractivity contribution < 1.29 is 9.52 Å². The number of phenols is 1. The molecule has 1 saturated heterocycles. The summed E-state index contributed by atoms with van der Waals surface area (Å²) >= 11 is 0. The van der Waals surface area contributed by atoms with E-state index in [-0.39, 0.29) is 11.2 Å². The van der Waals surface area contributed by atoms with Crippen molar-refractivity contribution in [2.75, 3.05) is 6.54 Å². The molecule has 0 aliphatic carbocycles. The maximum absolute atomic E-state index is 13.3. The van der Waals surface area contributed by atoms with Crippen LogP contribution < -0.4 is 5.43 Å². The molecule has 1 aromatic heterocycles. The van der Waals surface area contributed by atoms with Gasteiger partial charge < -0.3 is 9.52 Å². The van der Waals surface area contributed by atoms with Gasteiger partial charge in [0.05, 0.1) is 16.5 Å². The van der Waals surface area contributed by atoms with Crippen molar-refractivity contribution in [3.05, 3.63) is 64.0 Å². The largest absolute Gasteiger partial charge is 0.507 e. The molecule has 4 heteroatoms. The van der Waals surface area contributed by atoms with Crippen LogP contribution in [-0.2, 0) is 6.54 Å². The molecule has 1 aliphatic heterocycles. The molecule has 0 amide bonds. The van der Waals surface area contributed by atoms with Crippen LogP contribution in [-0.4, -0.2) is 22.6 Å². The third-order valence-corrected chi connectivity index (χ3v) is 5.96. The van der Waals surface area contributed by atoms with Crippen LogP contribution in [0.2, 0.25) is 0 Å². The number of phenolic OH excluding ortho intramolecular Hbond substituents is 1. The predicted molar refractivity (Wildman–Crippen MR) is 113 cm³/mol. The van der Waals surface area contributed by atoms with Crippen LogP contribution in [0.3, 0.4) is 0 Å². The number of rotatable bonds is 4. The van der Waals surface area contributed by atoms with Crippen molar-refractivity contribution in [1.82, 2.24) is 4.90 Å². The first-order valence-electron chi connectivity index (χ1n) is 10.2. The maximum atomic E-state index is 13.3. The first-order chi connectivity index (χ1) is 13.6. The SMILES string of the molecule is CC[C@@H]1CCCCN1Cc1c(O)ccc2c(=O)c(-c3ccccc3)c(C)oc12. The van der Waals surface area contributed by atoms with E-state index in [0.717, 1.165) is 24.1 Å². The minimum Gasteiger partial charge on any atom is -0.507 e. The standard InChI is InChI=1S/C24H27NO3/c1-3-18-11-7-8-14-25(18)15-20-21(26)13-12-19-23(27)22(16(2)28-24(19)20)17-9-5-4-6-10-17/h4-6,9-10,12-13,18,26H,3,7-8,11,14-15H2,1-2H3/t18-/m1/s1. The molecule has 0 unspecified atom stereocenters. The number of aromatic hydroxyl groups is 1. The fourth-order valence-electron chi connectivity index (χ4n) is 4.44. The summed E-state index contributed by atoms with van der Waals surface area (Å²) in [5.41, 5.74) is 2.64. The second-order valence-corrected chi connectivity index (χ2v) is 7.70. The van der Waals surface area contributed by atoms with Crippen LogP contribution in [0.15, 0.2) is 51.7 Å². The maximum Gasteiger partial charge on any atom is 0.200 e. The number of benzene rings is 2. The van der Waals surface area contributed by atoms with E-state index in [2.05, 4.69) is 11.8 Å². The lowest BCUT2D eigenvalue weighted by Gasteiger charge is -2.35. The molecule has 0 saturated carbocycles. The molecule has 0 bridgehead atoms. The number of hydrogen-bond acceptors (Lipinski definition) is 4. The highest BCUT2D eigenvalue weighted by Crippen LogP contribution is 2.32. The van der Waals surface area contributed by atoms with Crippen LogP contribution in [0.5, 0.6) is 5.75 Å². The van der Waals surface area contributed by atoms with Crippen molar-refractivity contribution in [2.45, 2.75) is 52.1 Å². The van der Waals surface area contributed by atoms with Gasteiger partial charge >= 0.3 is 0 Å². The molecule has 4 rings (SSSR count). The van der Waals surface area contributed by atoms with Gasteiger partial charge in [0, 0.05) is 12.6 Å². The van der Waals surface area contributed by atoms with Crippen LogP contribution in [0.4, 0.5) is 0 Å². The van der Waals surface area contributed by atoms with Crippen LogP contribution in [0.1, 0.15) is 43.9 Å². The summed E-state index contributed by atoms with van der Waals surface area (Å²) < 4.78 is 6.16. The Kier molecular flexibility index (Phi) is 5.23. The van der Waals surface area contributed by atoms with Gasteiger partial charge in [-0.2, -0.15) is 0 Å². The lowest BCUT2D eigenvalue weighted by atomic mass is 9.97. The quantitative estimate of drug-likeness (QED) is 0.676. The molecule has 28 heavy (non-hydrogen) atoms. The Morgan fingerprint density at radius 3 is 2.68 bits per heavy atom. The molecular formula is C24H27NO3. The predicted octanol–water partition coefficient (Wildman–Crippen LogP) is 5.24. The normalized spacial score (nSPS) is 17.9. The van der Waals surface area contributed by atoms with E-state index in [1.807, 2.05) is 37.3 Å². The molecule has 0 spiro atoms. The molecule has 1 atom stereocenters. The molecular weight excluding hydrogens is 350 g/mol. The zero-order valence-corrected chi connectivity index (χ0v) is 16.6. The topological polar surface area (TPSA) is 53.7 Å². The van der Waals surface area contributed by atoms with Gasteiger partial charge in [0.15, 0.2) is 0 Å². The summed E-state index contributed by atoms with van der Waals surface area (Å²) in [4.78, 5) is 15.7. The summed E-state index contributed by atoms with van der Waals surface area (Å²) in [5, 5.41) is 11.1. The van der Waals surface area contributed by atoms with Gasteiger partial charge in [-0.3, -0.25) is 9.69 Å². The molecule has 2 aromatic carbocycles. The molecule has 146 valence electrons. The smallest absolute Gasteiger partial charge is 0.200 e. The van der Waals surface area contributed by atoms with E-state index in [1.54, 1.807) is 12.1 Å². The Morgan fingerprint density at radius 1 is 1.14 bits per heavy atom. The van der Waals surface area contributed by atoms with Crippen molar-refractivity contribution in [1.29, 1.82) is 0 Å². The van der Waals surface area contributed by atoms with Gasteiger partial charge in [-0.05, 0) is 50.4 Å². The highest BCUT2D eigenvalue weighted by molar-refractivity contribution is 5.86. The molecule has 3 aromatic rings. The van der Waals surface area contributed by atoms with Crippen molar-refractivity contribution in [3.8, 4) is 16.9 Å². The summed E-state index contributed by atoms with van der Waals surface area (Å²) in [5.74, 6) is 0.782. The van der Waals surface area contributed by atoms with E-state index in [9.17, 15) is 9.90 Å². The van der Waals surface area contributed by atoms with E-state index < -0.39 is 0 Å². The monoisotopic (exact) mass is 377 g/mol. The molecule has 1 N–H and O–H groups in total. The molecule has 1 fully saturated rings.